The standard InChI is InChI=1S/C13H27N3O.HI/c1-6-14-12(16-10-7-8-10)15-9-11(17-5)13(2,3)4;/h10-11H,6-9H2,1-5H3,(H2,14,15,16);1H. The summed E-state index contributed by atoms with van der Waals surface area (Å²) in [6.45, 7) is 10.2. The van der Waals surface area contributed by atoms with Gasteiger partial charge in [-0.05, 0) is 25.2 Å². The Hall–Kier alpha value is -0.0400. The number of aliphatic imine (C=N–C) groups is 1. The summed E-state index contributed by atoms with van der Waals surface area (Å²) in [5, 5.41) is 6.67. The third kappa shape index (κ3) is 6.78. The second-order valence-electron chi connectivity index (χ2n) is 5.73. The lowest BCUT2D eigenvalue weighted by Crippen LogP contribution is -2.40. The third-order valence-electron chi connectivity index (χ3n) is 2.93. The molecule has 1 atom stereocenters. The van der Waals surface area contributed by atoms with E-state index in [4.69, 9.17) is 4.74 Å². The van der Waals surface area contributed by atoms with Gasteiger partial charge in [0.05, 0.1) is 12.6 Å². The van der Waals surface area contributed by atoms with Crippen molar-refractivity contribution in [3.63, 3.8) is 0 Å². The maximum Gasteiger partial charge on any atom is 0.191 e. The van der Waals surface area contributed by atoms with Crippen LogP contribution in [0.2, 0.25) is 0 Å². The fraction of sp³-hybridized carbons (Fsp3) is 0.923. The Labute approximate surface area is 128 Å². The average Bonchev–Trinajstić information content (AvgIpc) is 3.00. The van der Waals surface area contributed by atoms with Crippen LogP contribution in [0.25, 0.3) is 0 Å². The summed E-state index contributed by atoms with van der Waals surface area (Å²) in [6, 6.07) is 0.628. The van der Waals surface area contributed by atoms with Crippen LogP contribution in [-0.4, -0.2) is 38.3 Å². The van der Waals surface area contributed by atoms with Gasteiger partial charge in [0, 0.05) is 19.7 Å². The van der Waals surface area contributed by atoms with Crippen LogP contribution in [0.1, 0.15) is 40.5 Å². The molecule has 108 valence electrons. The van der Waals surface area contributed by atoms with Crippen LogP contribution in [0.3, 0.4) is 0 Å². The number of hydrogen-bond donors (Lipinski definition) is 2. The van der Waals surface area contributed by atoms with Gasteiger partial charge < -0.3 is 15.4 Å². The summed E-state index contributed by atoms with van der Waals surface area (Å²) in [5.41, 5.74) is 0.120. The van der Waals surface area contributed by atoms with Crippen molar-refractivity contribution in [3.8, 4) is 0 Å². The minimum absolute atomic E-state index is 0. The van der Waals surface area contributed by atoms with Crippen molar-refractivity contribution in [2.45, 2.75) is 52.7 Å². The number of rotatable bonds is 5. The molecule has 1 fully saturated rings. The molecule has 1 unspecified atom stereocenters. The Kier molecular flexibility index (Phi) is 8.18. The van der Waals surface area contributed by atoms with Crippen LogP contribution in [0, 0.1) is 5.41 Å². The molecule has 1 aliphatic carbocycles. The van der Waals surface area contributed by atoms with Gasteiger partial charge in [-0.3, -0.25) is 4.99 Å². The fourth-order valence-electron chi connectivity index (χ4n) is 1.62. The van der Waals surface area contributed by atoms with Crippen LogP contribution in [0.5, 0.6) is 0 Å². The summed E-state index contributed by atoms with van der Waals surface area (Å²) in [4.78, 5) is 4.60. The molecule has 0 heterocycles. The van der Waals surface area contributed by atoms with Gasteiger partial charge in [-0.1, -0.05) is 20.8 Å². The van der Waals surface area contributed by atoms with E-state index in [-0.39, 0.29) is 35.5 Å². The topological polar surface area (TPSA) is 45.7 Å². The molecule has 0 aromatic heterocycles. The van der Waals surface area contributed by atoms with Gasteiger partial charge in [0.25, 0.3) is 0 Å². The molecular weight excluding hydrogens is 341 g/mol. The highest BCUT2D eigenvalue weighted by Crippen LogP contribution is 2.22. The van der Waals surface area contributed by atoms with Crippen molar-refractivity contribution >= 4 is 29.9 Å². The Bertz CT molecular complexity index is 259. The van der Waals surface area contributed by atoms with Crippen molar-refractivity contribution in [3.05, 3.63) is 0 Å². The summed E-state index contributed by atoms with van der Waals surface area (Å²) >= 11 is 0. The van der Waals surface area contributed by atoms with E-state index >= 15 is 0 Å². The first-order valence-corrected chi connectivity index (χ1v) is 6.55. The van der Waals surface area contributed by atoms with Gasteiger partial charge in [0.15, 0.2) is 5.96 Å². The molecule has 0 bridgehead atoms. The molecule has 1 aliphatic rings. The molecule has 4 nitrogen and oxygen atoms in total. The lowest BCUT2D eigenvalue weighted by molar-refractivity contribution is 0.0241. The van der Waals surface area contributed by atoms with Crippen LogP contribution < -0.4 is 10.6 Å². The first kappa shape index (κ1) is 18.0. The van der Waals surface area contributed by atoms with Gasteiger partial charge in [-0.2, -0.15) is 0 Å². The van der Waals surface area contributed by atoms with Gasteiger partial charge >= 0.3 is 0 Å². The highest BCUT2D eigenvalue weighted by atomic mass is 127. The monoisotopic (exact) mass is 369 g/mol. The molecule has 0 spiro atoms. The first-order chi connectivity index (χ1) is 7.97. The van der Waals surface area contributed by atoms with Crippen molar-refractivity contribution in [1.29, 1.82) is 0 Å². The summed E-state index contributed by atoms with van der Waals surface area (Å²) in [5.74, 6) is 0.918. The van der Waals surface area contributed by atoms with Crippen LogP contribution in [0.4, 0.5) is 0 Å². The number of hydrogen-bond acceptors (Lipinski definition) is 2. The third-order valence-corrected chi connectivity index (χ3v) is 2.93. The normalized spacial score (nSPS) is 17.9. The van der Waals surface area contributed by atoms with Crippen molar-refractivity contribution in [1.82, 2.24) is 10.6 Å². The molecule has 0 aliphatic heterocycles. The summed E-state index contributed by atoms with van der Waals surface area (Å²) in [7, 11) is 1.76. The number of nitrogens with one attached hydrogen (secondary N) is 2. The molecule has 0 aromatic carbocycles. The highest BCUT2D eigenvalue weighted by molar-refractivity contribution is 14.0. The summed E-state index contributed by atoms with van der Waals surface area (Å²) < 4.78 is 5.50. The van der Waals surface area contributed by atoms with Gasteiger partial charge in [-0.15, -0.1) is 24.0 Å². The molecule has 0 aromatic rings. The minimum Gasteiger partial charge on any atom is -0.379 e. The number of guanidine groups is 1. The van der Waals surface area contributed by atoms with E-state index < -0.39 is 0 Å². The van der Waals surface area contributed by atoms with E-state index in [1.165, 1.54) is 12.8 Å². The zero-order valence-corrected chi connectivity index (χ0v) is 14.6. The minimum atomic E-state index is 0. The largest absolute Gasteiger partial charge is 0.379 e. The maximum atomic E-state index is 5.50. The SMILES string of the molecule is CCNC(=NCC(OC)C(C)(C)C)NC1CC1.I. The molecule has 5 heteroatoms. The van der Waals surface area contributed by atoms with Crippen molar-refractivity contribution in [2.75, 3.05) is 20.2 Å². The number of methoxy groups -OCH3 is 1. The predicted octanol–water partition coefficient (Wildman–Crippen LogP) is 2.38. The van der Waals surface area contributed by atoms with Crippen LogP contribution >= 0.6 is 24.0 Å². The number of ether oxygens (including phenoxy) is 1. The Morgan fingerprint density at radius 2 is 2.00 bits per heavy atom. The second-order valence-corrected chi connectivity index (χ2v) is 5.73. The maximum absolute atomic E-state index is 5.50. The van der Waals surface area contributed by atoms with E-state index in [0.29, 0.717) is 12.6 Å². The molecule has 1 rings (SSSR count). The lowest BCUT2D eigenvalue weighted by Gasteiger charge is -2.28. The lowest BCUT2D eigenvalue weighted by atomic mass is 9.89. The number of halogens is 1. The Morgan fingerprint density at radius 1 is 1.39 bits per heavy atom. The van der Waals surface area contributed by atoms with Crippen molar-refractivity contribution in [2.24, 2.45) is 10.4 Å². The van der Waals surface area contributed by atoms with Crippen LogP contribution in [0.15, 0.2) is 4.99 Å². The smallest absolute Gasteiger partial charge is 0.191 e. The highest BCUT2D eigenvalue weighted by Gasteiger charge is 2.25. The average molecular weight is 369 g/mol. The molecule has 1 saturated carbocycles. The molecule has 0 radical (unpaired) electrons. The Balaban J connectivity index is 0.00000289. The van der Waals surface area contributed by atoms with Crippen LogP contribution in [-0.2, 0) is 4.74 Å². The van der Waals surface area contributed by atoms with E-state index in [1.54, 1.807) is 7.11 Å². The molecule has 18 heavy (non-hydrogen) atoms. The molecule has 0 amide bonds. The molecular formula is C13H28IN3O. The zero-order valence-electron chi connectivity index (χ0n) is 12.2. The predicted molar refractivity (Wildman–Crippen MR) is 87.8 cm³/mol. The summed E-state index contributed by atoms with van der Waals surface area (Å²) in [6.07, 6.45) is 2.67. The quantitative estimate of drug-likeness (QED) is 0.444. The van der Waals surface area contributed by atoms with E-state index in [9.17, 15) is 0 Å². The van der Waals surface area contributed by atoms with E-state index in [1.807, 2.05) is 0 Å². The van der Waals surface area contributed by atoms with Gasteiger partial charge in [0.1, 0.15) is 0 Å². The zero-order chi connectivity index (χ0) is 12.9. The van der Waals surface area contributed by atoms with E-state index in [2.05, 4.69) is 43.3 Å². The van der Waals surface area contributed by atoms with Gasteiger partial charge in [0.2, 0.25) is 0 Å². The van der Waals surface area contributed by atoms with E-state index in [0.717, 1.165) is 12.5 Å². The second kappa shape index (κ2) is 8.19. The van der Waals surface area contributed by atoms with Gasteiger partial charge in [-0.25, -0.2) is 0 Å². The molecule has 2 N–H and O–H groups in total. The number of nitrogens with zero attached hydrogens (tertiary/aromatic N) is 1. The fourth-order valence-corrected chi connectivity index (χ4v) is 1.62. The first-order valence-electron chi connectivity index (χ1n) is 6.55. The Morgan fingerprint density at radius 3 is 2.39 bits per heavy atom. The van der Waals surface area contributed by atoms with Crippen molar-refractivity contribution < 1.29 is 4.74 Å². The molecule has 0 saturated heterocycles.